The summed E-state index contributed by atoms with van der Waals surface area (Å²) in [6.45, 7) is 7.92. The first-order chi connectivity index (χ1) is 14.2. The van der Waals surface area contributed by atoms with Gasteiger partial charge in [-0.1, -0.05) is 48.5 Å². The maximum atomic E-state index is 13.0. The van der Waals surface area contributed by atoms with Gasteiger partial charge in [-0.05, 0) is 45.4 Å². The second-order valence-electron chi connectivity index (χ2n) is 8.21. The van der Waals surface area contributed by atoms with Gasteiger partial charge in [-0.15, -0.1) is 0 Å². The van der Waals surface area contributed by atoms with Crippen molar-refractivity contribution >= 4 is 17.7 Å². The molecule has 6 nitrogen and oxygen atoms in total. The second-order valence-corrected chi connectivity index (χ2v) is 8.21. The Kier molecular flexibility index (Phi) is 8.16. The largest absolute Gasteiger partial charge is 0.350 e. The molecule has 2 N–H and O–H groups in total. The van der Waals surface area contributed by atoms with Crippen LogP contribution in [0.1, 0.15) is 56.1 Å². The van der Waals surface area contributed by atoms with Crippen molar-refractivity contribution in [2.24, 2.45) is 0 Å². The van der Waals surface area contributed by atoms with Crippen LogP contribution in [0.3, 0.4) is 0 Å². The highest BCUT2D eigenvalue weighted by Crippen LogP contribution is 2.19. The molecule has 3 amide bonds. The average molecular weight is 410 g/mol. The summed E-state index contributed by atoms with van der Waals surface area (Å²) in [5.41, 5.74) is 1.00. The first-order valence-corrected chi connectivity index (χ1v) is 10.2. The third-order valence-electron chi connectivity index (χ3n) is 4.51. The van der Waals surface area contributed by atoms with Crippen LogP contribution >= 0.6 is 0 Å². The van der Waals surface area contributed by atoms with E-state index in [1.165, 1.54) is 4.90 Å². The molecule has 0 saturated carbocycles. The van der Waals surface area contributed by atoms with Crippen LogP contribution in [-0.2, 0) is 9.59 Å². The van der Waals surface area contributed by atoms with Gasteiger partial charge < -0.3 is 15.5 Å². The Morgan fingerprint density at radius 2 is 1.50 bits per heavy atom. The van der Waals surface area contributed by atoms with Crippen LogP contribution in [-0.4, -0.2) is 41.2 Å². The van der Waals surface area contributed by atoms with E-state index in [0.29, 0.717) is 12.1 Å². The van der Waals surface area contributed by atoms with Crippen LogP contribution in [0.15, 0.2) is 60.7 Å². The summed E-state index contributed by atoms with van der Waals surface area (Å²) in [5.74, 6) is -0.642. The lowest BCUT2D eigenvalue weighted by atomic mass is 10.0. The highest BCUT2D eigenvalue weighted by atomic mass is 16.2. The molecule has 2 aromatic rings. The molecule has 0 aliphatic heterocycles. The summed E-state index contributed by atoms with van der Waals surface area (Å²) in [5, 5.41) is 5.84. The van der Waals surface area contributed by atoms with E-state index in [1.807, 2.05) is 64.1 Å². The van der Waals surface area contributed by atoms with Crippen molar-refractivity contribution in [3.05, 3.63) is 71.8 Å². The van der Waals surface area contributed by atoms with Crippen molar-refractivity contribution in [1.29, 1.82) is 0 Å². The van der Waals surface area contributed by atoms with Crippen molar-refractivity contribution in [2.45, 2.75) is 45.7 Å². The zero-order valence-electron chi connectivity index (χ0n) is 18.1. The molecule has 2 aromatic carbocycles. The molecule has 0 bridgehead atoms. The number of hydrogen-bond acceptors (Lipinski definition) is 3. The first kappa shape index (κ1) is 23.1. The van der Waals surface area contributed by atoms with Gasteiger partial charge >= 0.3 is 0 Å². The number of likely N-dealkylation sites (N-methyl/N-ethyl adjacent to an activating group) is 1. The number of amides is 3. The van der Waals surface area contributed by atoms with Crippen molar-refractivity contribution in [3.63, 3.8) is 0 Å². The van der Waals surface area contributed by atoms with Gasteiger partial charge in [-0.3, -0.25) is 14.4 Å². The van der Waals surface area contributed by atoms with Gasteiger partial charge in [0, 0.05) is 17.6 Å². The van der Waals surface area contributed by atoms with Gasteiger partial charge in [0.15, 0.2) is 0 Å². The summed E-state index contributed by atoms with van der Waals surface area (Å²) in [7, 11) is 0. The number of carbonyl (C=O) groups excluding carboxylic acids is 3. The third-order valence-corrected chi connectivity index (χ3v) is 4.51. The minimum absolute atomic E-state index is 0.0132. The molecule has 2 rings (SSSR count). The zero-order valence-corrected chi connectivity index (χ0v) is 18.1. The van der Waals surface area contributed by atoms with E-state index >= 15 is 0 Å². The Labute approximate surface area is 178 Å². The monoisotopic (exact) mass is 409 g/mol. The van der Waals surface area contributed by atoms with E-state index in [2.05, 4.69) is 10.6 Å². The molecule has 6 heteroatoms. The highest BCUT2D eigenvalue weighted by Gasteiger charge is 2.24. The summed E-state index contributed by atoms with van der Waals surface area (Å²) >= 11 is 0. The molecule has 0 unspecified atom stereocenters. The Morgan fingerprint density at radius 1 is 0.933 bits per heavy atom. The molecule has 0 saturated heterocycles. The summed E-state index contributed by atoms with van der Waals surface area (Å²) in [6, 6.07) is 17.8. The number of benzene rings is 2. The number of carbonyl (C=O) groups is 3. The Balaban J connectivity index is 2.13. The van der Waals surface area contributed by atoms with Crippen LogP contribution < -0.4 is 10.6 Å². The van der Waals surface area contributed by atoms with Gasteiger partial charge in [-0.25, -0.2) is 0 Å². The van der Waals surface area contributed by atoms with Crippen LogP contribution in [0, 0.1) is 0 Å². The SMILES string of the molecule is CCN(CC(=O)NC(C)(C)C)C(=O)C[C@@H](NC(=O)c1ccccc1)c1ccccc1. The van der Waals surface area contributed by atoms with Gasteiger partial charge in [0.25, 0.3) is 5.91 Å². The lowest BCUT2D eigenvalue weighted by molar-refractivity contribution is -0.136. The fourth-order valence-electron chi connectivity index (χ4n) is 3.08. The highest BCUT2D eigenvalue weighted by molar-refractivity contribution is 5.95. The quantitative estimate of drug-likeness (QED) is 0.702. The summed E-state index contributed by atoms with van der Waals surface area (Å²) in [6.07, 6.45) is 0.0687. The van der Waals surface area contributed by atoms with E-state index < -0.39 is 6.04 Å². The van der Waals surface area contributed by atoms with Gasteiger partial charge in [0.1, 0.15) is 0 Å². The standard InChI is InChI=1S/C24H31N3O3/c1-5-27(17-21(28)26-24(2,3)4)22(29)16-20(18-12-8-6-9-13-18)25-23(30)19-14-10-7-11-15-19/h6-15,20H,5,16-17H2,1-4H3,(H,25,30)(H,26,28)/t20-/m1/s1. The van der Waals surface area contributed by atoms with E-state index in [4.69, 9.17) is 0 Å². The molecule has 0 spiro atoms. The molecule has 1 atom stereocenters. The zero-order chi connectivity index (χ0) is 22.1. The molecule has 0 aliphatic carbocycles. The molecular formula is C24H31N3O3. The molecule has 0 radical (unpaired) electrons. The fourth-order valence-corrected chi connectivity index (χ4v) is 3.08. The number of nitrogens with one attached hydrogen (secondary N) is 2. The van der Waals surface area contributed by atoms with Gasteiger partial charge in [0.2, 0.25) is 11.8 Å². The number of hydrogen-bond donors (Lipinski definition) is 2. The maximum Gasteiger partial charge on any atom is 0.251 e. The average Bonchev–Trinajstić information content (AvgIpc) is 2.71. The van der Waals surface area contributed by atoms with E-state index in [9.17, 15) is 14.4 Å². The first-order valence-electron chi connectivity index (χ1n) is 10.2. The van der Waals surface area contributed by atoms with Crippen LogP contribution in [0.2, 0.25) is 0 Å². The topological polar surface area (TPSA) is 78.5 Å². The normalized spacial score (nSPS) is 12.0. The van der Waals surface area contributed by atoms with E-state index in [1.54, 1.807) is 24.3 Å². The molecule has 0 aliphatic rings. The number of nitrogens with zero attached hydrogens (tertiary/aromatic N) is 1. The van der Waals surface area contributed by atoms with Gasteiger partial charge in [0.05, 0.1) is 19.0 Å². The molecular weight excluding hydrogens is 378 g/mol. The molecule has 160 valence electrons. The smallest absolute Gasteiger partial charge is 0.251 e. The minimum Gasteiger partial charge on any atom is -0.350 e. The van der Waals surface area contributed by atoms with Crippen molar-refractivity contribution in [3.8, 4) is 0 Å². The second kappa shape index (κ2) is 10.6. The van der Waals surface area contributed by atoms with Gasteiger partial charge in [-0.2, -0.15) is 0 Å². The third kappa shape index (κ3) is 7.35. The molecule has 30 heavy (non-hydrogen) atoms. The molecule has 0 fully saturated rings. The van der Waals surface area contributed by atoms with E-state index in [0.717, 1.165) is 5.56 Å². The summed E-state index contributed by atoms with van der Waals surface area (Å²) < 4.78 is 0. The molecule has 0 aromatic heterocycles. The lowest BCUT2D eigenvalue weighted by Crippen LogP contribution is -2.47. The fraction of sp³-hybridized carbons (Fsp3) is 0.375. The maximum absolute atomic E-state index is 13.0. The Hall–Kier alpha value is -3.15. The van der Waals surface area contributed by atoms with Crippen LogP contribution in [0.5, 0.6) is 0 Å². The Morgan fingerprint density at radius 3 is 2.03 bits per heavy atom. The van der Waals surface area contributed by atoms with E-state index in [-0.39, 0.29) is 36.2 Å². The predicted molar refractivity (Wildman–Crippen MR) is 118 cm³/mol. The Bertz CT molecular complexity index is 845. The number of rotatable bonds is 8. The van der Waals surface area contributed by atoms with Crippen molar-refractivity contribution < 1.29 is 14.4 Å². The summed E-state index contributed by atoms with van der Waals surface area (Å²) in [4.78, 5) is 39.4. The predicted octanol–water partition coefficient (Wildman–Crippen LogP) is 3.31. The van der Waals surface area contributed by atoms with Crippen LogP contribution in [0.4, 0.5) is 0 Å². The van der Waals surface area contributed by atoms with Crippen molar-refractivity contribution in [1.82, 2.24) is 15.5 Å². The van der Waals surface area contributed by atoms with Crippen molar-refractivity contribution in [2.75, 3.05) is 13.1 Å². The molecule has 0 heterocycles. The minimum atomic E-state index is -0.494. The van der Waals surface area contributed by atoms with Crippen LogP contribution in [0.25, 0.3) is 0 Å². The lowest BCUT2D eigenvalue weighted by Gasteiger charge is -2.27.